The predicted octanol–water partition coefficient (Wildman–Crippen LogP) is 2.82. The number of sulfonamides is 1. The normalized spacial score (nSPS) is 22.5. The third-order valence-corrected chi connectivity index (χ3v) is 10.4. The fraction of sp³-hybridized carbons (Fsp3) is 0.720. The number of hydrogen-bond acceptors (Lipinski definition) is 7. The molecule has 2 fully saturated rings. The SMILES string of the molecule is Cc1sc2ncn(CC(=O)NCCCN3CCCCCC3)c(=O)c2c1S(=O)(=O)N1C[C@H](C)C[C@@H](C)C1. The molecule has 0 radical (unpaired) electrons. The molecule has 2 aliphatic heterocycles. The molecule has 2 aliphatic rings. The van der Waals surface area contributed by atoms with E-state index in [2.05, 4.69) is 29.0 Å². The van der Waals surface area contributed by atoms with Gasteiger partial charge in [0.15, 0.2) is 0 Å². The van der Waals surface area contributed by atoms with Gasteiger partial charge in [-0.1, -0.05) is 26.7 Å². The minimum absolute atomic E-state index is 0.0495. The maximum atomic E-state index is 13.7. The lowest BCUT2D eigenvalue weighted by molar-refractivity contribution is -0.121. The molecule has 200 valence electrons. The molecule has 0 unspecified atom stereocenters. The summed E-state index contributed by atoms with van der Waals surface area (Å²) in [5.41, 5.74) is -0.485. The van der Waals surface area contributed by atoms with Gasteiger partial charge in [-0.15, -0.1) is 11.3 Å². The van der Waals surface area contributed by atoms with Crippen molar-refractivity contribution in [3.05, 3.63) is 21.6 Å². The molecule has 0 bridgehead atoms. The maximum absolute atomic E-state index is 13.7. The first-order chi connectivity index (χ1) is 17.2. The third kappa shape index (κ3) is 6.17. The van der Waals surface area contributed by atoms with Crippen LogP contribution >= 0.6 is 11.3 Å². The molecule has 1 N–H and O–H groups in total. The van der Waals surface area contributed by atoms with Crippen molar-refractivity contribution in [1.82, 2.24) is 24.1 Å². The first-order valence-corrected chi connectivity index (χ1v) is 15.4. The number of aryl methyl sites for hydroxylation is 1. The Morgan fingerprint density at radius 1 is 1.14 bits per heavy atom. The van der Waals surface area contributed by atoms with E-state index in [4.69, 9.17) is 0 Å². The minimum Gasteiger partial charge on any atom is -0.354 e. The van der Waals surface area contributed by atoms with Crippen LogP contribution < -0.4 is 10.9 Å². The van der Waals surface area contributed by atoms with Gasteiger partial charge >= 0.3 is 0 Å². The monoisotopic (exact) mass is 537 g/mol. The lowest BCUT2D eigenvalue weighted by atomic mass is 9.94. The number of hydrogen-bond donors (Lipinski definition) is 1. The Hall–Kier alpha value is -1.82. The van der Waals surface area contributed by atoms with Crippen molar-refractivity contribution < 1.29 is 13.2 Å². The van der Waals surface area contributed by atoms with E-state index in [1.54, 1.807) is 6.92 Å². The predicted molar refractivity (Wildman–Crippen MR) is 143 cm³/mol. The number of amides is 1. The van der Waals surface area contributed by atoms with Crippen LogP contribution in [0.5, 0.6) is 0 Å². The second-order valence-electron chi connectivity index (χ2n) is 10.6. The number of fused-ring (bicyclic) bond motifs is 1. The van der Waals surface area contributed by atoms with Crippen molar-refractivity contribution >= 4 is 37.5 Å². The molecular formula is C25H39N5O4S2. The highest BCUT2D eigenvalue weighted by molar-refractivity contribution is 7.89. The first-order valence-electron chi connectivity index (χ1n) is 13.1. The fourth-order valence-corrected chi connectivity index (χ4v) is 8.91. The summed E-state index contributed by atoms with van der Waals surface area (Å²) < 4.78 is 30.0. The van der Waals surface area contributed by atoms with Crippen molar-refractivity contribution in [2.24, 2.45) is 11.8 Å². The average Bonchev–Trinajstić information content (AvgIpc) is 2.98. The highest BCUT2D eigenvalue weighted by Crippen LogP contribution is 2.35. The standard InChI is InChI=1S/C25H39N5O4S2/c1-18-13-19(2)15-30(14-18)36(33,34)23-20(3)35-24-22(23)25(32)29(17-27-24)16-21(31)26-9-8-12-28-10-6-4-5-7-11-28/h17-19H,4-16H2,1-3H3,(H,26,31)/t18-,19-/m1/s1. The van der Waals surface area contributed by atoms with Crippen LogP contribution in [0.15, 0.2) is 16.0 Å². The summed E-state index contributed by atoms with van der Waals surface area (Å²) in [6.07, 6.45) is 8.25. The zero-order valence-corrected chi connectivity index (χ0v) is 23.3. The number of piperidine rings is 1. The number of thiophene rings is 1. The van der Waals surface area contributed by atoms with E-state index >= 15 is 0 Å². The van der Waals surface area contributed by atoms with Crippen LogP contribution in [-0.2, 0) is 21.4 Å². The largest absolute Gasteiger partial charge is 0.354 e. The second-order valence-corrected chi connectivity index (χ2v) is 13.7. The number of rotatable bonds is 8. The van der Waals surface area contributed by atoms with Gasteiger partial charge in [0.25, 0.3) is 5.56 Å². The molecule has 0 aliphatic carbocycles. The van der Waals surface area contributed by atoms with Gasteiger partial charge in [-0.25, -0.2) is 13.4 Å². The van der Waals surface area contributed by atoms with Crippen molar-refractivity contribution in [2.45, 2.75) is 70.7 Å². The smallest absolute Gasteiger partial charge is 0.263 e. The van der Waals surface area contributed by atoms with Crippen molar-refractivity contribution in [2.75, 3.05) is 39.3 Å². The maximum Gasteiger partial charge on any atom is 0.263 e. The Balaban J connectivity index is 1.46. The molecule has 2 aromatic heterocycles. The van der Waals surface area contributed by atoms with Crippen LogP contribution in [0.4, 0.5) is 0 Å². The lowest BCUT2D eigenvalue weighted by Crippen LogP contribution is -2.43. The molecule has 4 heterocycles. The van der Waals surface area contributed by atoms with Gasteiger partial charge < -0.3 is 10.2 Å². The second kappa shape index (κ2) is 11.7. The summed E-state index contributed by atoms with van der Waals surface area (Å²) in [5.74, 6) is 0.238. The van der Waals surface area contributed by atoms with Gasteiger partial charge in [0.1, 0.15) is 16.3 Å². The lowest BCUT2D eigenvalue weighted by Gasteiger charge is -2.34. The number of carbonyl (C=O) groups excluding carboxylic acids is 1. The van der Waals surface area contributed by atoms with E-state index in [1.807, 2.05) is 0 Å². The molecule has 2 saturated heterocycles. The third-order valence-electron chi connectivity index (χ3n) is 7.22. The van der Waals surface area contributed by atoms with Gasteiger partial charge in [0.2, 0.25) is 15.9 Å². The Kier molecular flexibility index (Phi) is 8.85. The van der Waals surface area contributed by atoms with Crippen LogP contribution in [0, 0.1) is 18.8 Å². The molecule has 9 nitrogen and oxygen atoms in total. The highest BCUT2D eigenvalue weighted by Gasteiger charge is 2.35. The molecule has 0 aromatic carbocycles. The van der Waals surface area contributed by atoms with Crippen LogP contribution in [0.3, 0.4) is 0 Å². The van der Waals surface area contributed by atoms with Gasteiger partial charge in [0.05, 0.1) is 11.7 Å². The van der Waals surface area contributed by atoms with Crippen molar-refractivity contribution in [3.63, 3.8) is 0 Å². The summed E-state index contributed by atoms with van der Waals surface area (Å²) in [4.78, 5) is 33.8. The Labute approximate surface area is 217 Å². The van der Waals surface area contributed by atoms with E-state index in [0.29, 0.717) is 29.3 Å². The van der Waals surface area contributed by atoms with Gasteiger partial charge in [0, 0.05) is 24.5 Å². The van der Waals surface area contributed by atoms with Crippen molar-refractivity contribution in [1.29, 1.82) is 0 Å². The molecule has 4 rings (SSSR count). The van der Waals surface area contributed by atoms with E-state index in [1.165, 1.54) is 52.2 Å². The molecule has 0 spiro atoms. The average molecular weight is 538 g/mol. The molecule has 11 heteroatoms. The molecule has 2 aromatic rings. The Morgan fingerprint density at radius 3 is 2.47 bits per heavy atom. The number of likely N-dealkylation sites (tertiary alicyclic amines) is 1. The van der Waals surface area contributed by atoms with E-state index in [9.17, 15) is 18.0 Å². The van der Waals surface area contributed by atoms with Crippen LogP contribution in [0.25, 0.3) is 10.2 Å². The number of nitrogens with zero attached hydrogens (tertiary/aromatic N) is 4. The Bertz CT molecular complexity index is 1220. The van der Waals surface area contributed by atoms with Gasteiger partial charge in [-0.05, 0) is 64.1 Å². The molecule has 0 saturated carbocycles. The molecule has 36 heavy (non-hydrogen) atoms. The summed E-state index contributed by atoms with van der Waals surface area (Å²) >= 11 is 1.21. The summed E-state index contributed by atoms with van der Waals surface area (Å²) in [6.45, 7) is 10.3. The minimum atomic E-state index is -3.86. The topological polar surface area (TPSA) is 105 Å². The van der Waals surface area contributed by atoms with E-state index in [-0.39, 0.29) is 34.6 Å². The summed E-state index contributed by atoms with van der Waals surface area (Å²) in [6, 6.07) is 0. The zero-order valence-electron chi connectivity index (χ0n) is 21.7. The van der Waals surface area contributed by atoms with Crippen LogP contribution in [-0.4, -0.2) is 72.3 Å². The summed E-state index contributed by atoms with van der Waals surface area (Å²) in [7, 11) is -3.86. The van der Waals surface area contributed by atoms with E-state index in [0.717, 1.165) is 32.5 Å². The van der Waals surface area contributed by atoms with E-state index < -0.39 is 15.6 Å². The summed E-state index contributed by atoms with van der Waals surface area (Å²) in [5, 5.41) is 2.99. The Morgan fingerprint density at radius 2 is 1.81 bits per heavy atom. The number of carbonyl (C=O) groups is 1. The highest BCUT2D eigenvalue weighted by atomic mass is 32.2. The zero-order chi connectivity index (χ0) is 25.9. The quantitative estimate of drug-likeness (QED) is 0.520. The first kappa shape index (κ1) is 27.2. The number of nitrogens with one attached hydrogen (secondary N) is 1. The molecule has 2 atom stereocenters. The number of aromatic nitrogens is 2. The fourth-order valence-electron chi connectivity index (χ4n) is 5.57. The van der Waals surface area contributed by atoms with Crippen molar-refractivity contribution in [3.8, 4) is 0 Å². The van der Waals surface area contributed by atoms with Crippen LogP contribution in [0.1, 0.15) is 57.2 Å². The molecular weight excluding hydrogens is 498 g/mol. The van der Waals surface area contributed by atoms with Gasteiger partial charge in [-0.3, -0.25) is 14.2 Å². The molecule has 1 amide bonds. The van der Waals surface area contributed by atoms with Crippen LogP contribution in [0.2, 0.25) is 0 Å². The van der Waals surface area contributed by atoms with Gasteiger partial charge in [-0.2, -0.15) is 4.31 Å².